The number of aliphatic imine (C=N–C) groups is 1. The summed E-state index contributed by atoms with van der Waals surface area (Å²) in [5.41, 5.74) is 1.26. The zero-order valence-corrected chi connectivity index (χ0v) is 19.2. The van der Waals surface area contributed by atoms with Gasteiger partial charge in [0.05, 0.1) is 33.0 Å². The van der Waals surface area contributed by atoms with Gasteiger partial charge in [0.25, 0.3) is 0 Å². The Bertz CT molecular complexity index is 961. The number of ether oxygens (including phenoxy) is 3. The summed E-state index contributed by atoms with van der Waals surface area (Å²) < 4.78 is 15.9. The number of carbonyl (C=O) groups excluding carboxylic acids is 2. The Kier molecular flexibility index (Phi) is 7.99. The summed E-state index contributed by atoms with van der Waals surface area (Å²) in [4.78, 5) is 31.0. The van der Waals surface area contributed by atoms with Crippen LogP contribution in [-0.2, 0) is 9.59 Å². The van der Waals surface area contributed by atoms with Crippen LogP contribution in [0.3, 0.4) is 0 Å². The van der Waals surface area contributed by atoms with E-state index in [1.807, 2.05) is 24.3 Å². The summed E-state index contributed by atoms with van der Waals surface area (Å²) >= 11 is 5.29. The van der Waals surface area contributed by atoms with Gasteiger partial charge in [-0.3, -0.25) is 14.5 Å². The zero-order chi connectivity index (χ0) is 23.1. The highest BCUT2D eigenvalue weighted by atomic mass is 32.1. The molecular weight excluding hydrogens is 430 g/mol. The lowest BCUT2D eigenvalue weighted by molar-refractivity contribution is -0.128. The number of unbranched alkanes of at least 4 members (excludes halogenated alkanes) is 2. The van der Waals surface area contributed by atoms with Crippen molar-refractivity contribution < 1.29 is 23.8 Å². The van der Waals surface area contributed by atoms with Crippen molar-refractivity contribution in [3.63, 3.8) is 0 Å². The highest BCUT2D eigenvalue weighted by molar-refractivity contribution is 7.80. The van der Waals surface area contributed by atoms with Gasteiger partial charge in [0.15, 0.2) is 11.5 Å². The second kappa shape index (κ2) is 10.9. The third-order valence-corrected chi connectivity index (χ3v) is 5.53. The largest absolute Gasteiger partial charge is 0.493 e. The molecule has 1 unspecified atom stereocenters. The monoisotopic (exact) mass is 457 g/mol. The highest BCUT2D eigenvalue weighted by Gasteiger charge is 2.33. The normalized spacial score (nSPS) is 17.0. The van der Waals surface area contributed by atoms with E-state index in [0.29, 0.717) is 53.1 Å². The van der Waals surface area contributed by atoms with Gasteiger partial charge in [-0.05, 0) is 31.1 Å². The molecule has 1 aliphatic heterocycles. The van der Waals surface area contributed by atoms with E-state index in [2.05, 4.69) is 10.3 Å². The lowest BCUT2D eigenvalue weighted by Crippen LogP contribution is -2.46. The van der Waals surface area contributed by atoms with Crippen LogP contribution in [0.15, 0.2) is 41.4 Å². The average molecular weight is 458 g/mol. The fraction of sp³-hybridized carbons (Fsp3) is 0.391. The van der Waals surface area contributed by atoms with Crippen LogP contribution >= 0.6 is 12.2 Å². The minimum Gasteiger partial charge on any atom is -0.493 e. The van der Waals surface area contributed by atoms with Gasteiger partial charge in [0.2, 0.25) is 22.7 Å². The first-order chi connectivity index (χ1) is 15.5. The molecule has 0 radical (unpaired) electrons. The molecule has 1 aromatic carbocycles. The van der Waals surface area contributed by atoms with Crippen molar-refractivity contribution in [1.82, 2.24) is 4.90 Å². The van der Waals surface area contributed by atoms with Gasteiger partial charge in [-0.25, -0.2) is 4.99 Å². The van der Waals surface area contributed by atoms with Crippen LogP contribution in [0.4, 0.5) is 5.69 Å². The second-order valence-corrected chi connectivity index (χ2v) is 7.67. The standard InChI is InChI=1S/C23H27N3O5S/c1-29-18-13-15(14-19(30-2)21(18)31-3)24-20(27)11-5-4-8-12-26-22(28)16-9-6-7-10-17(16)25-23(26)32/h6-7,9-10,13-14,16H,4-5,8,11-12H2,1-3H3,(H,24,27). The first-order valence-corrected chi connectivity index (χ1v) is 10.8. The smallest absolute Gasteiger partial charge is 0.241 e. The topological polar surface area (TPSA) is 89.5 Å². The van der Waals surface area contributed by atoms with E-state index in [9.17, 15) is 9.59 Å². The summed E-state index contributed by atoms with van der Waals surface area (Å²) in [5.74, 6) is 0.903. The molecule has 1 N–H and O–H groups in total. The van der Waals surface area contributed by atoms with Crippen LogP contribution < -0.4 is 19.5 Å². The van der Waals surface area contributed by atoms with Crippen molar-refractivity contribution in [1.29, 1.82) is 0 Å². The van der Waals surface area contributed by atoms with Crippen LogP contribution in [0, 0.1) is 5.92 Å². The molecule has 9 heteroatoms. The number of thiocarbonyl (C=S) groups is 1. The maximum Gasteiger partial charge on any atom is 0.241 e. The van der Waals surface area contributed by atoms with Gasteiger partial charge in [-0.15, -0.1) is 0 Å². The van der Waals surface area contributed by atoms with Gasteiger partial charge in [-0.2, -0.15) is 0 Å². The Morgan fingerprint density at radius 2 is 1.81 bits per heavy atom. The Balaban J connectivity index is 1.45. The van der Waals surface area contributed by atoms with Crippen molar-refractivity contribution in [2.45, 2.75) is 25.7 Å². The molecule has 1 heterocycles. The molecule has 1 aliphatic carbocycles. The third kappa shape index (κ3) is 5.34. The van der Waals surface area contributed by atoms with Gasteiger partial charge >= 0.3 is 0 Å². The van der Waals surface area contributed by atoms with Crippen molar-refractivity contribution >= 4 is 40.5 Å². The number of fused-ring (bicyclic) bond motifs is 1. The molecule has 0 spiro atoms. The molecule has 2 amide bonds. The Hall–Kier alpha value is -3.20. The summed E-state index contributed by atoms with van der Waals surface area (Å²) in [6, 6.07) is 3.37. The molecule has 2 aliphatic rings. The number of allylic oxidation sites excluding steroid dienone is 3. The first-order valence-electron chi connectivity index (χ1n) is 10.4. The average Bonchev–Trinajstić information content (AvgIpc) is 2.79. The number of rotatable bonds is 10. The van der Waals surface area contributed by atoms with E-state index in [-0.39, 0.29) is 17.7 Å². The number of anilines is 1. The lowest BCUT2D eigenvalue weighted by Gasteiger charge is -2.30. The van der Waals surface area contributed by atoms with Crippen LogP contribution in [0.25, 0.3) is 0 Å². The molecule has 32 heavy (non-hydrogen) atoms. The van der Waals surface area contributed by atoms with Crippen molar-refractivity contribution in [2.24, 2.45) is 10.9 Å². The minimum absolute atomic E-state index is 0.0410. The van der Waals surface area contributed by atoms with Gasteiger partial charge < -0.3 is 19.5 Å². The van der Waals surface area contributed by atoms with E-state index in [4.69, 9.17) is 26.4 Å². The molecule has 170 valence electrons. The molecule has 0 saturated carbocycles. The summed E-state index contributed by atoms with van der Waals surface area (Å²) in [6.45, 7) is 0.497. The molecule has 0 aromatic heterocycles. The quantitative estimate of drug-likeness (QED) is 0.427. The number of nitrogens with one attached hydrogen (secondary N) is 1. The third-order valence-electron chi connectivity index (χ3n) is 5.22. The number of amides is 2. The van der Waals surface area contributed by atoms with E-state index >= 15 is 0 Å². The van der Waals surface area contributed by atoms with Gasteiger partial charge in [0.1, 0.15) is 0 Å². The van der Waals surface area contributed by atoms with E-state index in [1.165, 1.54) is 21.3 Å². The Labute approximate surface area is 192 Å². The maximum atomic E-state index is 12.7. The van der Waals surface area contributed by atoms with E-state index < -0.39 is 0 Å². The van der Waals surface area contributed by atoms with Crippen LogP contribution in [-0.4, -0.2) is 55.4 Å². The maximum absolute atomic E-state index is 12.7. The number of methoxy groups -OCH3 is 3. The van der Waals surface area contributed by atoms with Crippen LogP contribution in [0.5, 0.6) is 17.2 Å². The van der Waals surface area contributed by atoms with Crippen LogP contribution in [0.2, 0.25) is 0 Å². The molecule has 0 fully saturated rings. The number of hydrogen-bond acceptors (Lipinski definition) is 6. The molecular formula is C23H27N3O5S. The lowest BCUT2D eigenvalue weighted by atomic mass is 9.95. The SMILES string of the molecule is COc1cc(NC(=O)CCCCCN2C(=O)C3C=CC=CC3=NC2=S)cc(OC)c1OC. The molecule has 1 aromatic rings. The fourth-order valence-corrected chi connectivity index (χ4v) is 3.88. The van der Waals surface area contributed by atoms with Crippen molar-refractivity contribution in [2.75, 3.05) is 33.2 Å². The number of hydrogen-bond donors (Lipinski definition) is 1. The predicted molar refractivity (Wildman–Crippen MR) is 127 cm³/mol. The summed E-state index contributed by atoms with van der Waals surface area (Å²) in [6.07, 6.45) is 9.92. The van der Waals surface area contributed by atoms with E-state index in [1.54, 1.807) is 17.0 Å². The second-order valence-electron chi connectivity index (χ2n) is 7.30. The van der Waals surface area contributed by atoms with E-state index in [0.717, 1.165) is 12.8 Å². The Morgan fingerprint density at radius 3 is 2.47 bits per heavy atom. The highest BCUT2D eigenvalue weighted by Crippen LogP contribution is 2.39. The zero-order valence-electron chi connectivity index (χ0n) is 18.4. The first kappa shape index (κ1) is 23.5. The minimum atomic E-state index is -0.351. The molecule has 3 rings (SSSR count). The van der Waals surface area contributed by atoms with Crippen LogP contribution in [0.1, 0.15) is 25.7 Å². The molecule has 1 atom stereocenters. The fourth-order valence-electron chi connectivity index (χ4n) is 3.60. The molecule has 0 saturated heterocycles. The summed E-state index contributed by atoms with van der Waals surface area (Å²) in [7, 11) is 4.57. The molecule has 8 nitrogen and oxygen atoms in total. The Morgan fingerprint density at radius 1 is 1.09 bits per heavy atom. The number of benzene rings is 1. The number of carbonyl (C=O) groups is 2. The number of nitrogens with zero attached hydrogens (tertiary/aromatic N) is 2. The van der Waals surface area contributed by atoms with Gasteiger partial charge in [0, 0.05) is 30.8 Å². The summed E-state index contributed by atoms with van der Waals surface area (Å²) in [5, 5.41) is 3.16. The predicted octanol–water partition coefficient (Wildman–Crippen LogP) is 3.52. The molecule has 0 bridgehead atoms. The van der Waals surface area contributed by atoms with Gasteiger partial charge in [-0.1, -0.05) is 24.6 Å². The van der Waals surface area contributed by atoms with Crippen molar-refractivity contribution in [3.05, 3.63) is 36.4 Å². The van der Waals surface area contributed by atoms with Crippen molar-refractivity contribution in [3.8, 4) is 17.2 Å².